The van der Waals surface area contributed by atoms with Crippen LogP contribution < -0.4 is 5.73 Å². The fraction of sp³-hybridized carbons (Fsp3) is 0.0667. The number of hydrogen-bond donors (Lipinski definition) is 1. The summed E-state index contributed by atoms with van der Waals surface area (Å²) in [5, 5.41) is 4.01. The summed E-state index contributed by atoms with van der Waals surface area (Å²) in [5.41, 5.74) is 9.32. The Morgan fingerprint density at radius 3 is 2.47 bits per heavy atom. The van der Waals surface area contributed by atoms with Crippen LogP contribution in [0.2, 0.25) is 0 Å². The van der Waals surface area contributed by atoms with Crippen molar-refractivity contribution in [2.24, 2.45) is 0 Å². The van der Waals surface area contributed by atoms with Gasteiger partial charge in [-0.3, -0.25) is 0 Å². The molecule has 0 unspecified atom stereocenters. The predicted molar refractivity (Wildman–Crippen MR) is 74.3 cm³/mol. The third kappa shape index (κ3) is 2.20. The zero-order valence-electron chi connectivity index (χ0n) is 10.5. The number of benzene rings is 2. The lowest BCUT2D eigenvalue weighted by Gasteiger charge is -1.98. The van der Waals surface area contributed by atoms with Crippen LogP contribution in [0.25, 0.3) is 22.8 Å². The van der Waals surface area contributed by atoms with Gasteiger partial charge in [-0.25, -0.2) is 0 Å². The number of anilines is 1. The summed E-state index contributed by atoms with van der Waals surface area (Å²) in [5.74, 6) is 1.10. The van der Waals surface area contributed by atoms with Crippen LogP contribution in [0.5, 0.6) is 0 Å². The summed E-state index contributed by atoms with van der Waals surface area (Å²) in [6, 6.07) is 15.3. The highest BCUT2D eigenvalue weighted by molar-refractivity contribution is 5.63. The molecule has 0 fully saturated rings. The van der Waals surface area contributed by atoms with E-state index in [-0.39, 0.29) is 0 Å². The Labute approximate surface area is 110 Å². The Morgan fingerprint density at radius 2 is 1.74 bits per heavy atom. The maximum atomic E-state index is 5.66. The fourth-order valence-corrected chi connectivity index (χ4v) is 1.90. The van der Waals surface area contributed by atoms with Gasteiger partial charge in [-0.1, -0.05) is 23.4 Å². The van der Waals surface area contributed by atoms with Crippen molar-refractivity contribution in [3.05, 3.63) is 54.1 Å². The highest BCUT2D eigenvalue weighted by Crippen LogP contribution is 2.24. The van der Waals surface area contributed by atoms with Crippen molar-refractivity contribution in [2.75, 3.05) is 5.73 Å². The first-order valence-electron chi connectivity index (χ1n) is 5.99. The lowest BCUT2D eigenvalue weighted by Crippen LogP contribution is -1.86. The molecule has 0 radical (unpaired) electrons. The number of aromatic nitrogens is 2. The molecule has 2 aromatic carbocycles. The van der Waals surface area contributed by atoms with Crippen LogP contribution in [-0.2, 0) is 0 Å². The molecule has 1 aromatic heterocycles. The average molecular weight is 251 g/mol. The van der Waals surface area contributed by atoms with Crippen LogP contribution in [0, 0.1) is 6.92 Å². The second kappa shape index (κ2) is 4.57. The summed E-state index contributed by atoms with van der Waals surface area (Å²) in [4.78, 5) is 4.42. The van der Waals surface area contributed by atoms with Gasteiger partial charge in [0.2, 0.25) is 5.82 Å². The third-order valence-corrected chi connectivity index (χ3v) is 2.97. The molecule has 4 nitrogen and oxygen atoms in total. The fourth-order valence-electron chi connectivity index (χ4n) is 1.90. The first-order valence-corrected chi connectivity index (χ1v) is 5.99. The summed E-state index contributed by atoms with van der Waals surface area (Å²) in [7, 11) is 0. The standard InChI is InChI=1S/C15H13N3O/c1-10-4-2-3-5-13(10)15-17-14(18-19-15)11-6-8-12(16)9-7-11/h2-9H,16H2,1H3. The lowest BCUT2D eigenvalue weighted by molar-refractivity contribution is 0.432. The van der Waals surface area contributed by atoms with E-state index < -0.39 is 0 Å². The SMILES string of the molecule is Cc1ccccc1-c1nc(-c2ccc(N)cc2)no1. The van der Waals surface area contributed by atoms with Crippen molar-refractivity contribution in [1.82, 2.24) is 10.1 Å². The Bertz CT molecular complexity index is 701. The smallest absolute Gasteiger partial charge is 0.258 e. The van der Waals surface area contributed by atoms with E-state index in [0.717, 1.165) is 16.7 Å². The number of rotatable bonds is 2. The number of hydrogen-bond acceptors (Lipinski definition) is 4. The second-order valence-electron chi connectivity index (χ2n) is 4.36. The van der Waals surface area contributed by atoms with Crippen molar-refractivity contribution < 1.29 is 4.52 Å². The Hall–Kier alpha value is -2.62. The Balaban J connectivity index is 2.00. The molecule has 0 aliphatic heterocycles. The molecule has 94 valence electrons. The monoisotopic (exact) mass is 251 g/mol. The molecule has 2 N–H and O–H groups in total. The molecule has 0 spiro atoms. The summed E-state index contributed by atoms with van der Waals surface area (Å²) in [6.45, 7) is 2.02. The predicted octanol–water partition coefficient (Wildman–Crippen LogP) is 3.29. The molecule has 3 aromatic rings. The van der Waals surface area contributed by atoms with Crippen molar-refractivity contribution in [1.29, 1.82) is 0 Å². The topological polar surface area (TPSA) is 64.9 Å². The third-order valence-electron chi connectivity index (χ3n) is 2.97. The van der Waals surface area contributed by atoms with Crippen LogP contribution in [0.3, 0.4) is 0 Å². The molecule has 0 bridgehead atoms. The summed E-state index contributed by atoms with van der Waals surface area (Å²) < 4.78 is 5.32. The van der Waals surface area contributed by atoms with E-state index >= 15 is 0 Å². The quantitative estimate of drug-likeness (QED) is 0.710. The zero-order valence-corrected chi connectivity index (χ0v) is 10.5. The maximum absolute atomic E-state index is 5.66. The zero-order chi connectivity index (χ0) is 13.2. The highest BCUT2D eigenvalue weighted by atomic mass is 16.5. The van der Waals surface area contributed by atoms with Gasteiger partial charge in [-0.05, 0) is 42.8 Å². The van der Waals surface area contributed by atoms with Crippen LogP contribution in [0.15, 0.2) is 53.1 Å². The largest absolute Gasteiger partial charge is 0.399 e. The molecule has 0 aliphatic rings. The van der Waals surface area contributed by atoms with E-state index in [1.165, 1.54) is 0 Å². The van der Waals surface area contributed by atoms with Gasteiger partial charge in [0.25, 0.3) is 5.89 Å². The second-order valence-corrected chi connectivity index (χ2v) is 4.36. The number of nitrogen functional groups attached to an aromatic ring is 1. The van der Waals surface area contributed by atoms with Crippen molar-refractivity contribution in [3.63, 3.8) is 0 Å². The van der Waals surface area contributed by atoms with Gasteiger partial charge in [0, 0.05) is 16.8 Å². The van der Waals surface area contributed by atoms with Crippen LogP contribution in [0.1, 0.15) is 5.56 Å². The molecule has 0 atom stereocenters. The lowest BCUT2D eigenvalue weighted by atomic mass is 10.1. The van der Waals surface area contributed by atoms with Gasteiger partial charge < -0.3 is 10.3 Å². The molecule has 1 heterocycles. The van der Waals surface area contributed by atoms with E-state index in [1.807, 2.05) is 55.5 Å². The molecule has 0 amide bonds. The van der Waals surface area contributed by atoms with Gasteiger partial charge in [-0.15, -0.1) is 0 Å². The minimum Gasteiger partial charge on any atom is -0.399 e. The normalized spacial score (nSPS) is 10.6. The Morgan fingerprint density at radius 1 is 1.00 bits per heavy atom. The molecular formula is C15H13N3O. The molecule has 0 saturated heterocycles. The molecular weight excluding hydrogens is 238 g/mol. The number of nitrogens with two attached hydrogens (primary N) is 1. The molecule has 3 rings (SSSR count). The van der Waals surface area contributed by atoms with E-state index in [2.05, 4.69) is 10.1 Å². The Kier molecular flexibility index (Phi) is 2.76. The molecule has 4 heteroatoms. The first-order chi connectivity index (χ1) is 9.24. The van der Waals surface area contributed by atoms with Crippen LogP contribution >= 0.6 is 0 Å². The molecule has 19 heavy (non-hydrogen) atoms. The molecule has 0 saturated carbocycles. The minimum atomic E-state index is 0.532. The van der Waals surface area contributed by atoms with E-state index in [4.69, 9.17) is 10.3 Å². The van der Waals surface area contributed by atoms with Crippen molar-refractivity contribution >= 4 is 5.69 Å². The summed E-state index contributed by atoms with van der Waals surface area (Å²) >= 11 is 0. The van der Waals surface area contributed by atoms with Gasteiger partial charge in [-0.2, -0.15) is 4.98 Å². The van der Waals surface area contributed by atoms with Gasteiger partial charge in [0.05, 0.1) is 0 Å². The van der Waals surface area contributed by atoms with Crippen LogP contribution in [0.4, 0.5) is 5.69 Å². The molecule has 0 aliphatic carbocycles. The first kappa shape index (κ1) is 11.5. The maximum Gasteiger partial charge on any atom is 0.258 e. The van der Waals surface area contributed by atoms with Gasteiger partial charge >= 0.3 is 0 Å². The highest BCUT2D eigenvalue weighted by Gasteiger charge is 2.11. The van der Waals surface area contributed by atoms with E-state index in [1.54, 1.807) is 0 Å². The number of aryl methyl sites for hydroxylation is 1. The minimum absolute atomic E-state index is 0.532. The van der Waals surface area contributed by atoms with Crippen LogP contribution in [-0.4, -0.2) is 10.1 Å². The number of nitrogens with zero attached hydrogens (tertiary/aromatic N) is 2. The van der Waals surface area contributed by atoms with Gasteiger partial charge in [0.15, 0.2) is 0 Å². The van der Waals surface area contributed by atoms with Gasteiger partial charge in [0.1, 0.15) is 0 Å². The van der Waals surface area contributed by atoms with E-state index in [0.29, 0.717) is 17.4 Å². The van der Waals surface area contributed by atoms with Crippen molar-refractivity contribution in [2.45, 2.75) is 6.92 Å². The van der Waals surface area contributed by atoms with E-state index in [9.17, 15) is 0 Å². The summed E-state index contributed by atoms with van der Waals surface area (Å²) in [6.07, 6.45) is 0. The van der Waals surface area contributed by atoms with Crippen molar-refractivity contribution in [3.8, 4) is 22.8 Å². The average Bonchev–Trinajstić information content (AvgIpc) is 2.89.